The number of nitrogens with one attached hydrogen (secondary N) is 1. The van der Waals surface area contributed by atoms with Gasteiger partial charge >= 0.3 is 0 Å². The van der Waals surface area contributed by atoms with Gasteiger partial charge in [-0.25, -0.2) is 4.98 Å². The van der Waals surface area contributed by atoms with Gasteiger partial charge in [0.2, 0.25) is 0 Å². The summed E-state index contributed by atoms with van der Waals surface area (Å²) in [6.07, 6.45) is 3.20. The Labute approximate surface area is 252 Å². The van der Waals surface area contributed by atoms with E-state index in [0.29, 0.717) is 28.9 Å². The first-order valence-corrected chi connectivity index (χ1v) is 14.6. The molecule has 0 saturated heterocycles. The van der Waals surface area contributed by atoms with Crippen molar-refractivity contribution in [2.45, 2.75) is 40.5 Å². The van der Waals surface area contributed by atoms with Crippen LogP contribution in [0.15, 0.2) is 87.2 Å². The largest absolute Gasteiger partial charge is 0.484 e. The standard InChI is InChI=1S/C33H32BrN5O3/c1-5-6-31-37-30-16-9-25(34)18-29(30)33(41)39(31)35-19-24-17-22(3)38(23(24)4)27-12-14-28(15-13-27)42-20-32(40)36-26-10-7-21(2)8-11-26/h7-19H,5-6,20H2,1-4H3,(H,36,40). The van der Waals surface area contributed by atoms with E-state index in [1.807, 2.05) is 87.5 Å². The zero-order valence-corrected chi connectivity index (χ0v) is 25.6. The number of halogens is 1. The van der Waals surface area contributed by atoms with E-state index in [2.05, 4.69) is 37.8 Å². The number of nitrogens with zero attached hydrogens (tertiary/aromatic N) is 4. The van der Waals surface area contributed by atoms with Crippen LogP contribution < -0.4 is 15.6 Å². The Morgan fingerprint density at radius 3 is 2.48 bits per heavy atom. The van der Waals surface area contributed by atoms with Gasteiger partial charge in [0, 0.05) is 39.2 Å². The van der Waals surface area contributed by atoms with Crippen molar-refractivity contribution in [2.24, 2.45) is 5.10 Å². The van der Waals surface area contributed by atoms with Crippen molar-refractivity contribution >= 4 is 44.6 Å². The molecule has 2 heterocycles. The molecule has 0 unspecified atom stereocenters. The highest BCUT2D eigenvalue weighted by Crippen LogP contribution is 2.23. The van der Waals surface area contributed by atoms with E-state index in [-0.39, 0.29) is 18.1 Å². The summed E-state index contributed by atoms with van der Waals surface area (Å²) in [5.41, 5.74) is 6.16. The Hall–Kier alpha value is -4.50. The number of hydrogen-bond acceptors (Lipinski definition) is 5. The summed E-state index contributed by atoms with van der Waals surface area (Å²) in [6.45, 7) is 8.00. The highest BCUT2D eigenvalue weighted by Gasteiger charge is 2.13. The second-order valence-electron chi connectivity index (χ2n) is 10.2. The maximum atomic E-state index is 13.4. The number of amides is 1. The van der Waals surface area contributed by atoms with Crippen LogP contribution in [-0.4, -0.2) is 33.0 Å². The Balaban J connectivity index is 1.33. The first kappa shape index (κ1) is 29.0. The minimum atomic E-state index is -0.223. The van der Waals surface area contributed by atoms with Crippen molar-refractivity contribution in [2.75, 3.05) is 11.9 Å². The molecule has 0 bridgehead atoms. The topological polar surface area (TPSA) is 90.5 Å². The number of aryl methyl sites for hydroxylation is 3. The van der Waals surface area contributed by atoms with Crippen molar-refractivity contribution in [1.29, 1.82) is 0 Å². The SMILES string of the molecule is CCCc1nc2ccc(Br)cc2c(=O)n1N=Cc1cc(C)n(-c2ccc(OCC(=O)Nc3ccc(C)cc3)cc2)c1C. The molecule has 0 spiro atoms. The maximum absolute atomic E-state index is 13.4. The molecule has 0 aliphatic rings. The molecule has 0 aliphatic heterocycles. The fraction of sp³-hybridized carbons (Fsp3) is 0.212. The van der Waals surface area contributed by atoms with E-state index < -0.39 is 0 Å². The van der Waals surface area contributed by atoms with Gasteiger partial charge in [0.05, 0.1) is 17.1 Å². The lowest BCUT2D eigenvalue weighted by Gasteiger charge is -2.12. The van der Waals surface area contributed by atoms with Crippen LogP contribution in [0.25, 0.3) is 16.6 Å². The average molecular weight is 627 g/mol. The molecule has 0 saturated carbocycles. The quantitative estimate of drug-likeness (QED) is 0.184. The van der Waals surface area contributed by atoms with Crippen molar-refractivity contribution in [1.82, 2.24) is 14.2 Å². The van der Waals surface area contributed by atoms with Gasteiger partial charge < -0.3 is 14.6 Å². The molecule has 1 amide bonds. The lowest BCUT2D eigenvalue weighted by atomic mass is 10.2. The van der Waals surface area contributed by atoms with Crippen LogP contribution >= 0.6 is 15.9 Å². The Morgan fingerprint density at radius 2 is 1.76 bits per heavy atom. The molecule has 5 aromatic rings. The van der Waals surface area contributed by atoms with E-state index in [1.54, 1.807) is 12.3 Å². The van der Waals surface area contributed by atoms with Gasteiger partial charge in [-0.05, 0) is 87.9 Å². The second-order valence-corrected chi connectivity index (χ2v) is 11.1. The van der Waals surface area contributed by atoms with Gasteiger partial charge in [-0.2, -0.15) is 9.78 Å². The summed E-state index contributed by atoms with van der Waals surface area (Å²) < 4.78 is 10.0. The number of carbonyl (C=O) groups is 1. The molecule has 8 nitrogen and oxygen atoms in total. The predicted octanol–water partition coefficient (Wildman–Crippen LogP) is 6.73. The number of ether oxygens (including phenoxy) is 1. The summed E-state index contributed by atoms with van der Waals surface area (Å²) in [4.78, 5) is 30.4. The van der Waals surface area contributed by atoms with E-state index in [4.69, 9.17) is 9.72 Å². The molecule has 3 aromatic carbocycles. The van der Waals surface area contributed by atoms with Gasteiger partial charge in [-0.15, -0.1) is 0 Å². The van der Waals surface area contributed by atoms with Crippen LogP contribution in [0.5, 0.6) is 5.75 Å². The van der Waals surface area contributed by atoms with Crippen LogP contribution in [0.3, 0.4) is 0 Å². The molecule has 9 heteroatoms. The van der Waals surface area contributed by atoms with E-state index in [0.717, 1.165) is 44.8 Å². The first-order valence-electron chi connectivity index (χ1n) is 13.8. The van der Waals surface area contributed by atoms with Crippen molar-refractivity contribution < 1.29 is 9.53 Å². The average Bonchev–Trinajstić information content (AvgIpc) is 3.26. The number of hydrogen-bond donors (Lipinski definition) is 1. The molecule has 214 valence electrons. The van der Waals surface area contributed by atoms with Crippen molar-refractivity contribution in [3.05, 3.63) is 116 Å². The Morgan fingerprint density at radius 1 is 1.02 bits per heavy atom. The van der Waals surface area contributed by atoms with Gasteiger partial charge in [0.1, 0.15) is 11.6 Å². The zero-order chi connectivity index (χ0) is 29.8. The van der Waals surface area contributed by atoms with Crippen molar-refractivity contribution in [3.63, 3.8) is 0 Å². The zero-order valence-electron chi connectivity index (χ0n) is 24.0. The van der Waals surface area contributed by atoms with Crippen LogP contribution in [-0.2, 0) is 11.2 Å². The lowest BCUT2D eigenvalue weighted by molar-refractivity contribution is -0.118. The number of rotatable bonds is 9. The fourth-order valence-electron chi connectivity index (χ4n) is 4.81. The van der Waals surface area contributed by atoms with E-state index >= 15 is 0 Å². The minimum Gasteiger partial charge on any atom is -0.484 e. The lowest BCUT2D eigenvalue weighted by Crippen LogP contribution is -2.22. The monoisotopic (exact) mass is 625 g/mol. The number of carbonyl (C=O) groups excluding carboxylic acids is 1. The van der Waals surface area contributed by atoms with Crippen LogP contribution in [0.2, 0.25) is 0 Å². The molecule has 0 fully saturated rings. The van der Waals surface area contributed by atoms with Gasteiger partial charge in [0.15, 0.2) is 6.61 Å². The highest BCUT2D eigenvalue weighted by atomic mass is 79.9. The predicted molar refractivity (Wildman–Crippen MR) is 171 cm³/mol. The number of fused-ring (bicyclic) bond motifs is 1. The van der Waals surface area contributed by atoms with Gasteiger partial charge in [0.25, 0.3) is 11.5 Å². The Bertz CT molecular complexity index is 1840. The highest BCUT2D eigenvalue weighted by molar-refractivity contribution is 9.10. The number of benzene rings is 3. The summed E-state index contributed by atoms with van der Waals surface area (Å²) >= 11 is 3.45. The summed E-state index contributed by atoms with van der Waals surface area (Å²) in [7, 11) is 0. The van der Waals surface area contributed by atoms with Crippen LogP contribution in [0, 0.1) is 20.8 Å². The van der Waals surface area contributed by atoms with Crippen molar-refractivity contribution in [3.8, 4) is 11.4 Å². The molecule has 0 atom stereocenters. The third-order valence-corrected chi connectivity index (χ3v) is 7.42. The maximum Gasteiger partial charge on any atom is 0.282 e. The van der Waals surface area contributed by atoms with Gasteiger partial charge in [-0.3, -0.25) is 9.59 Å². The third kappa shape index (κ3) is 6.36. The third-order valence-electron chi connectivity index (χ3n) is 6.93. The Kier molecular flexibility index (Phi) is 8.68. The molecule has 42 heavy (non-hydrogen) atoms. The van der Waals surface area contributed by atoms with Gasteiger partial charge in [-0.1, -0.05) is 40.5 Å². The summed E-state index contributed by atoms with van der Waals surface area (Å²) in [5.74, 6) is 1.00. The summed E-state index contributed by atoms with van der Waals surface area (Å²) in [6, 6.07) is 22.7. The minimum absolute atomic E-state index is 0.0879. The summed E-state index contributed by atoms with van der Waals surface area (Å²) in [5, 5.41) is 7.95. The van der Waals surface area contributed by atoms with E-state index in [1.165, 1.54) is 4.68 Å². The number of anilines is 1. The van der Waals surface area contributed by atoms with Crippen LogP contribution in [0.4, 0.5) is 5.69 Å². The second kappa shape index (κ2) is 12.6. The molecular formula is C33H32BrN5O3. The normalized spacial score (nSPS) is 11.4. The molecule has 1 N–H and O–H groups in total. The first-order chi connectivity index (χ1) is 20.2. The molecular weight excluding hydrogens is 594 g/mol. The van der Waals surface area contributed by atoms with Crippen LogP contribution in [0.1, 0.15) is 41.7 Å². The molecule has 2 aromatic heterocycles. The smallest absolute Gasteiger partial charge is 0.282 e. The van der Waals surface area contributed by atoms with E-state index in [9.17, 15) is 9.59 Å². The molecule has 5 rings (SSSR count). The number of aromatic nitrogens is 3. The molecule has 0 radical (unpaired) electrons. The fourth-order valence-corrected chi connectivity index (χ4v) is 5.17. The molecule has 0 aliphatic carbocycles.